The van der Waals surface area contributed by atoms with Gasteiger partial charge in [0.05, 0.1) is 0 Å². The topological polar surface area (TPSA) is 43.4 Å². The van der Waals surface area contributed by atoms with E-state index < -0.39 is 5.92 Å². The molecule has 0 saturated carbocycles. The first kappa shape index (κ1) is 9.23. The molecule has 2 atom stereocenters. The van der Waals surface area contributed by atoms with E-state index in [1.165, 1.54) is 6.92 Å². The summed E-state index contributed by atoms with van der Waals surface area (Å²) in [4.78, 5) is 22.0. The summed E-state index contributed by atoms with van der Waals surface area (Å²) in [6, 6.07) is 0. The number of carbonyl (C=O) groups is 2. The molecule has 12 heavy (non-hydrogen) atoms. The van der Waals surface area contributed by atoms with E-state index in [4.69, 9.17) is 4.74 Å². The highest BCUT2D eigenvalue weighted by Crippen LogP contribution is 2.24. The molecule has 3 nitrogen and oxygen atoms in total. The predicted octanol–water partition coefficient (Wildman–Crippen LogP) is 1.31. The van der Waals surface area contributed by atoms with Gasteiger partial charge < -0.3 is 4.74 Å². The summed E-state index contributed by atoms with van der Waals surface area (Å²) in [5.74, 6) is -0.888. The molecule has 68 valence electrons. The highest BCUT2D eigenvalue weighted by Gasteiger charge is 2.36. The Bertz CT molecular complexity index is 198. The lowest BCUT2D eigenvalue weighted by Crippen LogP contribution is -2.15. The first-order valence-corrected chi connectivity index (χ1v) is 4.36. The van der Waals surface area contributed by atoms with Gasteiger partial charge in [0.2, 0.25) is 0 Å². The second-order valence-corrected chi connectivity index (χ2v) is 3.25. The van der Waals surface area contributed by atoms with Crippen LogP contribution in [0.1, 0.15) is 33.1 Å². The van der Waals surface area contributed by atoms with Crippen molar-refractivity contribution in [3.63, 3.8) is 0 Å². The van der Waals surface area contributed by atoms with Crippen LogP contribution < -0.4 is 0 Å². The third-order valence-corrected chi connectivity index (χ3v) is 2.17. The van der Waals surface area contributed by atoms with Crippen molar-refractivity contribution in [2.45, 2.75) is 39.2 Å². The Hall–Kier alpha value is -0.860. The molecule has 0 aliphatic carbocycles. The Morgan fingerprint density at radius 2 is 2.33 bits per heavy atom. The Morgan fingerprint density at radius 3 is 2.75 bits per heavy atom. The molecule has 0 aromatic heterocycles. The van der Waals surface area contributed by atoms with Crippen molar-refractivity contribution < 1.29 is 14.3 Å². The van der Waals surface area contributed by atoms with Crippen LogP contribution in [0.25, 0.3) is 0 Å². The van der Waals surface area contributed by atoms with Gasteiger partial charge in [-0.1, -0.05) is 13.3 Å². The van der Waals surface area contributed by atoms with Gasteiger partial charge in [-0.25, -0.2) is 0 Å². The fraction of sp³-hybridized carbons (Fsp3) is 0.778. The van der Waals surface area contributed by atoms with Crippen LogP contribution in [0.15, 0.2) is 0 Å². The molecule has 0 aromatic carbocycles. The second-order valence-electron chi connectivity index (χ2n) is 3.25. The number of cyclic esters (lactones) is 1. The Morgan fingerprint density at radius 1 is 1.67 bits per heavy atom. The highest BCUT2D eigenvalue weighted by molar-refractivity contribution is 5.98. The minimum atomic E-state index is -0.485. The molecular weight excluding hydrogens is 156 g/mol. The van der Waals surface area contributed by atoms with E-state index in [1.54, 1.807) is 0 Å². The fourth-order valence-electron chi connectivity index (χ4n) is 1.48. The van der Waals surface area contributed by atoms with Crippen LogP contribution in [0.3, 0.4) is 0 Å². The van der Waals surface area contributed by atoms with Gasteiger partial charge in [0.25, 0.3) is 0 Å². The number of ketones is 1. The second kappa shape index (κ2) is 3.70. The van der Waals surface area contributed by atoms with Crippen LogP contribution >= 0.6 is 0 Å². The van der Waals surface area contributed by atoms with Crippen LogP contribution in [-0.4, -0.2) is 17.9 Å². The number of ether oxygens (including phenoxy) is 1. The summed E-state index contributed by atoms with van der Waals surface area (Å²) < 4.78 is 5.02. The minimum Gasteiger partial charge on any atom is -0.462 e. The molecule has 1 aliphatic heterocycles. The molecule has 0 N–H and O–H groups in total. The zero-order valence-corrected chi connectivity index (χ0v) is 7.50. The molecule has 0 unspecified atom stereocenters. The standard InChI is InChI=1S/C9H14O3/c1-3-4-7-5-8(6(2)10)9(11)12-7/h7-8H,3-5H2,1-2H3/t7-,8+/m0/s1. The molecular formula is C9H14O3. The van der Waals surface area contributed by atoms with Crippen LogP contribution in [0.4, 0.5) is 0 Å². The summed E-state index contributed by atoms with van der Waals surface area (Å²) in [5.41, 5.74) is 0. The van der Waals surface area contributed by atoms with Crippen LogP contribution in [0.5, 0.6) is 0 Å². The number of hydrogen-bond donors (Lipinski definition) is 0. The van der Waals surface area contributed by atoms with Gasteiger partial charge >= 0.3 is 5.97 Å². The minimum absolute atomic E-state index is 0.0172. The maximum Gasteiger partial charge on any atom is 0.316 e. The van der Waals surface area contributed by atoms with Crippen molar-refractivity contribution in [1.82, 2.24) is 0 Å². The van der Waals surface area contributed by atoms with E-state index >= 15 is 0 Å². The molecule has 1 saturated heterocycles. The summed E-state index contributed by atoms with van der Waals surface area (Å²) in [6.45, 7) is 3.48. The van der Waals surface area contributed by atoms with Crippen molar-refractivity contribution in [2.24, 2.45) is 5.92 Å². The maximum atomic E-state index is 11.1. The zero-order chi connectivity index (χ0) is 9.14. The fourth-order valence-corrected chi connectivity index (χ4v) is 1.48. The summed E-state index contributed by atoms with van der Waals surface area (Å²) >= 11 is 0. The van der Waals surface area contributed by atoms with Gasteiger partial charge in [-0.3, -0.25) is 9.59 Å². The molecule has 1 aliphatic rings. The monoisotopic (exact) mass is 170 g/mol. The molecule has 0 amide bonds. The molecule has 0 bridgehead atoms. The SMILES string of the molecule is CCC[C@H]1C[C@H](C(C)=O)C(=O)O1. The largest absolute Gasteiger partial charge is 0.462 e. The van der Waals surface area contributed by atoms with Crippen molar-refractivity contribution in [1.29, 1.82) is 0 Å². The average Bonchev–Trinajstić information content (AvgIpc) is 2.32. The average molecular weight is 170 g/mol. The molecule has 0 spiro atoms. The van der Waals surface area contributed by atoms with Gasteiger partial charge in [-0.05, 0) is 13.3 Å². The molecule has 0 aromatic rings. The molecule has 0 radical (unpaired) electrons. The van der Waals surface area contributed by atoms with Crippen molar-refractivity contribution in [2.75, 3.05) is 0 Å². The van der Waals surface area contributed by atoms with E-state index in [1.807, 2.05) is 6.92 Å². The van der Waals surface area contributed by atoms with Crippen LogP contribution in [0, 0.1) is 5.92 Å². The first-order chi connectivity index (χ1) is 5.65. The molecule has 3 heteroatoms. The van der Waals surface area contributed by atoms with E-state index in [9.17, 15) is 9.59 Å². The summed E-state index contributed by atoms with van der Waals surface area (Å²) in [5, 5.41) is 0. The van der Waals surface area contributed by atoms with E-state index in [-0.39, 0.29) is 17.9 Å². The number of rotatable bonds is 3. The lowest BCUT2D eigenvalue weighted by Gasteiger charge is -2.04. The first-order valence-electron chi connectivity index (χ1n) is 4.36. The lowest BCUT2D eigenvalue weighted by molar-refractivity contribution is -0.146. The van der Waals surface area contributed by atoms with E-state index in [0.717, 1.165) is 12.8 Å². The van der Waals surface area contributed by atoms with Gasteiger partial charge in [-0.2, -0.15) is 0 Å². The Kier molecular flexibility index (Phi) is 2.84. The van der Waals surface area contributed by atoms with Gasteiger partial charge in [0, 0.05) is 6.42 Å². The normalized spacial score (nSPS) is 28.7. The summed E-state index contributed by atoms with van der Waals surface area (Å²) in [6.07, 6.45) is 2.43. The number of hydrogen-bond acceptors (Lipinski definition) is 3. The third kappa shape index (κ3) is 1.84. The number of esters is 1. The molecule has 1 rings (SSSR count). The summed E-state index contributed by atoms with van der Waals surface area (Å²) in [7, 11) is 0. The maximum absolute atomic E-state index is 11.1. The van der Waals surface area contributed by atoms with Gasteiger partial charge in [-0.15, -0.1) is 0 Å². The molecule has 1 fully saturated rings. The molecule has 1 heterocycles. The Labute approximate surface area is 72.1 Å². The predicted molar refractivity (Wildman–Crippen MR) is 43.6 cm³/mol. The number of carbonyl (C=O) groups excluding carboxylic acids is 2. The highest BCUT2D eigenvalue weighted by atomic mass is 16.6. The van der Waals surface area contributed by atoms with E-state index in [2.05, 4.69) is 0 Å². The zero-order valence-electron chi connectivity index (χ0n) is 7.50. The van der Waals surface area contributed by atoms with Crippen molar-refractivity contribution in [3.8, 4) is 0 Å². The van der Waals surface area contributed by atoms with Crippen LogP contribution in [-0.2, 0) is 14.3 Å². The Balaban J connectivity index is 2.50. The quantitative estimate of drug-likeness (QED) is 0.473. The van der Waals surface area contributed by atoms with Crippen molar-refractivity contribution in [3.05, 3.63) is 0 Å². The number of Topliss-reactive ketones (excluding diaryl/α,β-unsaturated/α-hetero) is 1. The smallest absolute Gasteiger partial charge is 0.316 e. The van der Waals surface area contributed by atoms with Crippen LogP contribution in [0.2, 0.25) is 0 Å². The van der Waals surface area contributed by atoms with Gasteiger partial charge in [0.1, 0.15) is 17.8 Å². The van der Waals surface area contributed by atoms with Crippen molar-refractivity contribution >= 4 is 11.8 Å². The van der Waals surface area contributed by atoms with Gasteiger partial charge in [0.15, 0.2) is 0 Å². The lowest BCUT2D eigenvalue weighted by atomic mass is 9.99. The third-order valence-electron chi connectivity index (χ3n) is 2.17. The van der Waals surface area contributed by atoms with E-state index in [0.29, 0.717) is 6.42 Å².